The summed E-state index contributed by atoms with van der Waals surface area (Å²) in [6.07, 6.45) is 0.718. The quantitative estimate of drug-likeness (QED) is 0.736. The Hall–Kier alpha value is -2.08. The Bertz CT molecular complexity index is 629. The highest BCUT2D eigenvalue weighted by Gasteiger charge is 2.17. The van der Waals surface area contributed by atoms with E-state index in [0.29, 0.717) is 12.2 Å². The fraction of sp³-hybridized carbons (Fsp3) is 0.333. The number of benzene rings is 1. The first-order valence-corrected chi connectivity index (χ1v) is 5.95. The van der Waals surface area contributed by atoms with Crippen molar-refractivity contribution in [2.24, 2.45) is 0 Å². The van der Waals surface area contributed by atoms with Crippen molar-refractivity contribution < 1.29 is 5.11 Å². The Morgan fingerprint density at radius 2 is 2.11 bits per heavy atom. The van der Waals surface area contributed by atoms with Crippen molar-refractivity contribution in [1.29, 1.82) is 0 Å². The smallest absolute Gasteiger partial charge is 0.350 e. The van der Waals surface area contributed by atoms with Gasteiger partial charge in [-0.1, -0.05) is 12.1 Å². The van der Waals surface area contributed by atoms with Gasteiger partial charge in [0.2, 0.25) is 0 Å². The van der Waals surface area contributed by atoms with Gasteiger partial charge in [0.15, 0.2) is 0 Å². The topological polar surface area (TPSA) is 72.1 Å². The average molecular weight is 246 g/mol. The lowest BCUT2D eigenvalue weighted by molar-refractivity contribution is 0.469. The van der Waals surface area contributed by atoms with Crippen molar-refractivity contribution in [3.8, 4) is 11.4 Å². The molecule has 0 aliphatic carbocycles. The van der Waals surface area contributed by atoms with Crippen molar-refractivity contribution in [3.05, 3.63) is 40.6 Å². The summed E-state index contributed by atoms with van der Waals surface area (Å²) in [6.45, 7) is 2.19. The molecule has 0 spiro atoms. The van der Waals surface area contributed by atoms with E-state index in [-0.39, 0.29) is 11.4 Å². The molecule has 0 saturated heterocycles. The minimum absolute atomic E-state index is 0.0611. The fourth-order valence-corrected chi connectivity index (χ4v) is 2.16. The van der Waals surface area contributed by atoms with Gasteiger partial charge in [0.25, 0.3) is 0 Å². The normalized spacial score (nSPS) is 15.1. The van der Waals surface area contributed by atoms with E-state index in [1.807, 2.05) is 0 Å². The third-order valence-corrected chi connectivity index (χ3v) is 3.09. The van der Waals surface area contributed by atoms with Crippen LogP contribution in [0.15, 0.2) is 29.1 Å². The molecule has 0 fully saturated rings. The van der Waals surface area contributed by atoms with Crippen molar-refractivity contribution in [2.75, 3.05) is 13.1 Å². The van der Waals surface area contributed by atoms with E-state index in [4.69, 9.17) is 0 Å². The molecular weight excluding hydrogens is 232 g/mol. The molecule has 1 aromatic carbocycles. The molecule has 2 heterocycles. The number of rotatable bonds is 1. The van der Waals surface area contributed by atoms with Crippen molar-refractivity contribution in [2.45, 2.75) is 13.0 Å². The zero-order valence-electron chi connectivity index (χ0n) is 9.83. The predicted molar refractivity (Wildman–Crippen MR) is 66.1 cm³/mol. The monoisotopic (exact) mass is 246 g/mol. The van der Waals surface area contributed by atoms with Crippen LogP contribution in [-0.4, -0.2) is 32.5 Å². The molecule has 6 heteroatoms. The summed E-state index contributed by atoms with van der Waals surface area (Å²) in [7, 11) is 0. The molecule has 94 valence electrons. The van der Waals surface area contributed by atoms with Gasteiger partial charge in [-0.25, -0.2) is 4.79 Å². The van der Waals surface area contributed by atoms with Crippen LogP contribution in [0, 0.1) is 0 Å². The predicted octanol–water partition coefficient (Wildman–Crippen LogP) is -0.115. The molecular formula is C12H14N4O2. The van der Waals surface area contributed by atoms with Gasteiger partial charge >= 0.3 is 5.69 Å². The van der Waals surface area contributed by atoms with Gasteiger partial charge in [0.05, 0.1) is 0 Å². The summed E-state index contributed by atoms with van der Waals surface area (Å²) >= 11 is 0. The van der Waals surface area contributed by atoms with Gasteiger partial charge in [0, 0.05) is 26.1 Å². The number of nitrogens with zero attached hydrogens (tertiary/aromatic N) is 3. The van der Waals surface area contributed by atoms with Crippen LogP contribution in [0.1, 0.15) is 5.82 Å². The van der Waals surface area contributed by atoms with Gasteiger partial charge in [-0.2, -0.15) is 4.68 Å². The number of fused-ring (bicyclic) bond motifs is 1. The molecule has 18 heavy (non-hydrogen) atoms. The lowest BCUT2D eigenvalue weighted by Crippen LogP contribution is -2.27. The third kappa shape index (κ3) is 1.70. The van der Waals surface area contributed by atoms with Crippen molar-refractivity contribution in [1.82, 2.24) is 19.7 Å². The van der Waals surface area contributed by atoms with Crippen LogP contribution in [0.5, 0.6) is 5.75 Å². The highest BCUT2D eigenvalue weighted by molar-refractivity contribution is 5.44. The van der Waals surface area contributed by atoms with E-state index in [1.54, 1.807) is 28.8 Å². The van der Waals surface area contributed by atoms with Gasteiger partial charge < -0.3 is 10.4 Å². The molecule has 0 radical (unpaired) electrons. The summed E-state index contributed by atoms with van der Waals surface area (Å²) in [6, 6.07) is 6.72. The number of hydrogen-bond donors (Lipinski definition) is 2. The van der Waals surface area contributed by atoms with Crippen LogP contribution in [-0.2, 0) is 13.0 Å². The number of nitrogens with one attached hydrogen (secondary N) is 1. The highest BCUT2D eigenvalue weighted by Crippen LogP contribution is 2.18. The Morgan fingerprint density at radius 1 is 1.28 bits per heavy atom. The standard InChI is InChI=1S/C12H14N4O2/c17-10-4-2-1-3-9(10)16-12(18)15-8-7-13-6-5-11(15)14-16/h1-4,13,17H,5-8H2. The Balaban J connectivity index is 2.15. The molecule has 2 N–H and O–H groups in total. The van der Waals surface area contributed by atoms with E-state index < -0.39 is 0 Å². The second-order valence-corrected chi connectivity index (χ2v) is 4.25. The van der Waals surface area contributed by atoms with Crippen LogP contribution in [0.4, 0.5) is 0 Å². The summed E-state index contributed by atoms with van der Waals surface area (Å²) in [5.41, 5.74) is 0.228. The largest absolute Gasteiger partial charge is 0.506 e. The zero-order chi connectivity index (χ0) is 12.5. The van der Waals surface area contributed by atoms with Crippen molar-refractivity contribution in [3.63, 3.8) is 0 Å². The summed E-state index contributed by atoms with van der Waals surface area (Å²) in [5.74, 6) is 0.819. The van der Waals surface area contributed by atoms with E-state index in [0.717, 1.165) is 25.3 Å². The second kappa shape index (κ2) is 4.30. The first kappa shape index (κ1) is 11.0. The van der Waals surface area contributed by atoms with Crippen LogP contribution < -0.4 is 11.0 Å². The molecule has 0 bridgehead atoms. The maximum absolute atomic E-state index is 12.2. The van der Waals surface area contributed by atoms with Crippen LogP contribution in [0.2, 0.25) is 0 Å². The lowest BCUT2D eigenvalue weighted by Gasteiger charge is -2.02. The average Bonchev–Trinajstić information content (AvgIpc) is 2.56. The molecule has 6 nitrogen and oxygen atoms in total. The number of aromatic hydroxyl groups is 1. The van der Waals surface area contributed by atoms with E-state index in [1.165, 1.54) is 4.68 Å². The van der Waals surface area contributed by atoms with Gasteiger partial charge in [-0.05, 0) is 12.1 Å². The van der Waals surface area contributed by atoms with E-state index >= 15 is 0 Å². The number of aromatic nitrogens is 3. The number of phenolic OH excluding ortho intramolecular Hbond substituents is 1. The van der Waals surface area contributed by atoms with Crippen LogP contribution in [0.3, 0.4) is 0 Å². The maximum atomic E-state index is 12.2. The molecule has 1 aliphatic heterocycles. The number of para-hydroxylation sites is 2. The van der Waals surface area contributed by atoms with Gasteiger partial charge in [0.1, 0.15) is 17.3 Å². The lowest BCUT2D eigenvalue weighted by atomic mass is 10.3. The summed E-state index contributed by atoms with van der Waals surface area (Å²) < 4.78 is 2.93. The molecule has 0 unspecified atom stereocenters. The first-order chi connectivity index (χ1) is 8.77. The Labute approximate surface area is 103 Å². The summed E-state index contributed by atoms with van der Waals surface area (Å²) in [5, 5.41) is 17.3. The molecule has 1 aromatic heterocycles. The number of hydrogen-bond acceptors (Lipinski definition) is 4. The molecule has 0 atom stereocenters. The molecule has 0 saturated carbocycles. The zero-order valence-corrected chi connectivity index (χ0v) is 9.83. The molecule has 1 aliphatic rings. The summed E-state index contributed by atoms with van der Waals surface area (Å²) in [4.78, 5) is 12.2. The maximum Gasteiger partial charge on any atom is 0.350 e. The van der Waals surface area contributed by atoms with Gasteiger partial charge in [-0.3, -0.25) is 4.57 Å². The van der Waals surface area contributed by atoms with Crippen molar-refractivity contribution >= 4 is 0 Å². The minimum atomic E-state index is -0.199. The molecule has 3 rings (SSSR count). The van der Waals surface area contributed by atoms with Gasteiger partial charge in [-0.15, -0.1) is 5.10 Å². The van der Waals surface area contributed by atoms with Crippen LogP contribution >= 0.6 is 0 Å². The third-order valence-electron chi connectivity index (χ3n) is 3.09. The molecule has 0 amide bonds. The SMILES string of the molecule is O=c1n(-c2ccccc2O)nc2n1CCNCC2. The van der Waals surface area contributed by atoms with Crippen LogP contribution in [0.25, 0.3) is 5.69 Å². The first-order valence-electron chi connectivity index (χ1n) is 5.95. The van der Waals surface area contributed by atoms with E-state index in [9.17, 15) is 9.90 Å². The number of phenols is 1. The molecule has 2 aromatic rings. The fourth-order valence-electron chi connectivity index (χ4n) is 2.16. The van der Waals surface area contributed by atoms with E-state index in [2.05, 4.69) is 10.4 Å². The second-order valence-electron chi connectivity index (χ2n) is 4.25. The highest BCUT2D eigenvalue weighted by atomic mass is 16.3. The Morgan fingerprint density at radius 3 is 2.94 bits per heavy atom. The Kier molecular flexibility index (Phi) is 2.64. The minimum Gasteiger partial charge on any atom is -0.506 e.